The van der Waals surface area contributed by atoms with Crippen molar-refractivity contribution in [3.63, 3.8) is 0 Å². The molecule has 1 N–H and O–H groups in total. The number of aromatic nitrogens is 1. The number of benzene rings is 1. The Hall–Kier alpha value is -2.30. The van der Waals surface area contributed by atoms with Crippen LogP contribution in [0.4, 0.5) is 0 Å². The van der Waals surface area contributed by atoms with Gasteiger partial charge >= 0.3 is 11.9 Å². The van der Waals surface area contributed by atoms with Crippen LogP contribution in [-0.4, -0.2) is 28.2 Å². The smallest absolute Gasteiger partial charge is 0.310 e. The molecule has 5 nitrogen and oxygen atoms in total. The van der Waals surface area contributed by atoms with Gasteiger partial charge in [-0.3, -0.25) is 9.59 Å². The zero-order valence-electron chi connectivity index (χ0n) is 12.3. The third-order valence-corrected chi connectivity index (χ3v) is 3.55. The fourth-order valence-corrected chi connectivity index (χ4v) is 2.62. The van der Waals surface area contributed by atoms with Crippen molar-refractivity contribution in [2.75, 3.05) is 6.61 Å². The number of ether oxygens (including phenoxy) is 1. The summed E-state index contributed by atoms with van der Waals surface area (Å²) in [5.74, 6) is -1.13. The van der Waals surface area contributed by atoms with Crippen molar-refractivity contribution >= 4 is 22.8 Å². The van der Waals surface area contributed by atoms with E-state index < -0.39 is 5.97 Å². The Balaban J connectivity index is 2.45. The van der Waals surface area contributed by atoms with E-state index in [1.807, 2.05) is 35.9 Å². The molecule has 2 aromatic rings. The standard InChI is InChI=1S/C16H19NO4/c1-3-21-16(20)10-12-11-6-4-5-7-13(11)17(2)14(12)8-9-15(18)19/h4-7H,3,8-10H2,1-2H3,(H,18,19). The zero-order chi connectivity index (χ0) is 15.4. The number of hydrogen-bond acceptors (Lipinski definition) is 3. The molecule has 1 aromatic carbocycles. The number of aliphatic carboxylic acids is 1. The number of fused-ring (bicyclic) bond motifs is 1. The van der Waals surface area contributed by atoms with Crippen molar-refractivity contribution in [1.29, 1.82) is 0 Å². The Labute approximate surface area is 123 Å². The lowest BCUT2D eigenvalue weighted by Gasteiger charge is -2.07. The van der Waals surface area contributed by atoms with Crippen LogP contribution in [0.2, 0.25) is 0 Å². The fraction of sp³-hybridized carbons (Fsp3) is 0.375. The Morgan fingerprint density at radius 1 is 1.29 bits per heavy atom. The van der Waals surface area contributed by atoms with Crippen molar-refractivity contribution in [1.82, 2.24) is 4.57 Å². The number of hydrogen-bond donors (Lipinski definition) is 1. The number of aryl methyl sites for hydroxylation is 1. The lowest BCUT2D eigenvalue weighted by Crippen LogP contribution is -2.10. The van der Waals surface area contributed by atoms with E-state index in [1.165, 1.54) is 0 Å². The first kappa shape index (κ1) is 15.1. The average Bonchev–Trinajstić information content (AvgIpc) is 2.70. The number of rotatable bonds is 6. The van der Waals surface area contributed by atoms with Gasteiger partial charge in [-0.25, -0.2) is 0 Å². The largest absolute Gasteiger partial charge is 0.481 e. The molecule has 0 amide bonds. The topological polar surface area (TPSA) is 68.5 Å². The van der Waals surface area contributed by atoms with E-state index >= 15 is 0 Å². The first-order valence-electron chi connectivity index (χ1n) is 6.97. The first-order chi connectivity index (χ1) is 10.0. The molecule has 0 spiro atoms. The Kier molecular flexibility index (Phi) is 4.62. The molecule has 21 heavy (non-hydrogen) atoms. The normalized spacial score (nSPS) is 10.8. The van der Waals surface area contributed by atoms with Gasteiger partial charge in [0.15, 0.2) is 0 Å². The third-order valence-electron chi connectivity index (χ3n) is 3.55. The molecule has 0 unspecified atom stereocenters. The maximum Gasteiger partial charge on any atom is 0.310 e. The minimum Gasteiger partial charge on any atom is -0.481 e. The number of esters is 1. The molecule has 2 rings (SSSR count). The molecular formula is C16H19NO4. The molecule has 0 fully saturated rings. The molecule has 0 aliphatic heterocycles. The second-order valence-corrected chi connectivity index (χ2v) is 4.88. The maximum absolute atomic E-state index is 11.8. The molecule has 0 radical (unpaired) electrons. The van der Waals surface area contributed by atoms with Crippen molar-refractivity contribution in [3.8, 4) is 0 Å². The molecule has 112 valence electrons. The van der Waals surface area contributed by atoms with Gasteiger partial charge in [-0.15, -0.1) is 0 Å². The molecule has 0 aliphatic carbocycles. The second-order valence-electron chi connectivity index (χ2n) is 4.88. The lowest BCUT2D eigenvalue weighted by molar-refractivity contribution is -0.142. The van der Waals surface area contributed by atoms with E-state index in [1.54, 1.807) is 6.92 Å². The molecule has 5 heteroatoms. The number of para-hydroxylation sites is 1. The second kappa shape index (κ2) is 6.43. The summed E-state index contributed by atoms with van der Waals surface area (Å²) in [6.07, 6.45) is 0.611. The zero-order valence-corrected chi connectivity index (χ0v) is 12.3. The fourth-order valence-electron chi connectivity index (χ4n) is 2.62. The van der Waals surface area contributed by atoms with Crippen LogP contribution in [0.15, 0.2) is 24.3 Å². The van der Waals surface area contributed by atoms with Crippen LogP contribution in [-0.2, 0) is 34.2 Å². The van der Waals surface area contributed by atoms with Crippen molar-refractivity contribution in [3.05, 3.63) is 35.5 Å². The average molecular weight is 289 g/mol. The van der Waals surface area contributed by atoms with Gasteiger partial charge < -0.3 is 14.4 Å². The van der Waals surface area contributed by atoms with Gasteiger partial charge in [-0.1, -0.05) is 18.2 Å². The van der Waals surface area contributed by atoms with Crippen molar-refractivity contribution in [2.45, 2.75) is 26.2 Å². The third kappa shape index (κ3) is 3.24. The van der Waals surface area contributed by atoms with Crippen LogP contribution in [0.1, 0.15) is 24.6 Å². The number of nitrogens with zero attached hydrogens (tertiary/aromatic N) is 1. The number of carbonyl (C=O) groups excluding carboxylic acids is 1. The predicted molar refractivity (Wildman–Crippen MR) is 79.2 cm³/mol. The minimum atomic E-state index is -0.845. The molecule has 0 aliphatic rings. The molecule has 0 saturated carbocycles. The van der Waals surface area contributed by atoms with E-state index in [-0.39, 0.29) is 18.8 Å². The van der Waals surface area contributed by atoms with Gasteiger partial charge in [0.05, 0.1) is 19.4 Å². The highest BCUT2D eigenvalue weighted by molar-refractivity contribution is 5.89. The van der Waals surface area contributed by atoms with Crippen molar-refractivity contribution < 1.29 is 19.4 Å². The Morgan fingerprint density at radius 2 is 2.00 bits per heavy atom. The van der Waals surface area contributed by atoms with E-state index in [0.29, 0.717) is 13.0 Å². The van der Waals surface area contributed by atoms with E-state index in [0.717, 1.165) is 22.2 Å². The number of carboxylic acid groups (broad SMARTS) is 1. The highest BCUT2D eigenvalue weighted by Crippen LogP contribution is 2.27. The SMILES string of the molecule is CCOC(=O)Cc1c(CCC(=O)O)n(C)c2ccccc12. The Morgan fingerprint density at radius 3 is 2.67 bits per heavy atom. The summed E-state index contributed by atoms with van der Waals surface area (Å²) in [5.41, 5.74) is 2.75. The summed E-state index contributed by atoms with van der Waals surface area (Å²) >= 11 is 0. The van der Waals surface area contributed by atoms with Gasteiger partial charge in [0.2, 0.25) is 0 Å². The monoisotopic (exact) mass is 289 g/mol. The molecule has 0 bridgehead atoms. The van der Waals surface area contributed by atoms with Crippen LogP contribution in [0.25, 0.3) is 10.9 Å². The van der Waals surface area contributed by atoms with Gasteiger partial charge in [0.25, 0.3) is 0 Å². The van der Waals surface area contributed by atoms with Crippen molar-refractivity contribution in [2.24, 2.45) is 7.05 Å². The number of carboxylic acids is 1. The summed E-state index contributed by atoms with van der Waals surface area (Å²) in [6, 6.07) is 7.76. The lowest BCUT2D eigenvalue weighted by atomic mass is 10.0. The van der Waals surface area contributed by atoms with Crippen LogP contribution in [0.5, 0.6) is 0 Å². The van der Waals surface area contributed by atoms with E-state index in [9.17, 15) is 9.59 Å². The molecular weight excluding hydrogens is 270 g/mol. The Bertz CT molecular complexity index is 672. The van der Waals surface area contributed by atoms with Crippen LogP contribution in [0, 0.1) is 0 Å². The maximum atomic E-state index is 11.8. The van der Waals surface area contributed by atoms with Crippen LogP contribution < -0.4 is 0 Å². The van der Waals surface area contributed by atoms with Crippen LogP contribution >= 0.6 is 0 Å². The predicted octanol–water partition coefficient (Wildman–Crippen LogP) is 2.30. The quantitative estimate of drug-likeness (QED) is 0.828. The number of carbonyl (C=O) groups is 2. The van der Waals surface area contributed by atoms with E-state index in [4.69, 9.17) is 9.84 Å². The highest BCUT2D eigenvalue weighted by atomic mass is 16.5. The van der Waals surface area contributed by atoms with Gasteiger partial charge in [-0.2, -0.15) is 0 Å². The summed E-state index contributed by atoms with van der Waals surface area (Å²) in [7, 11) is 1.90. The van der Waals surface area contributed by atoms with Gasteiger partial charge in [0, 0.05) is 23.6 Å². The molecule has 1 heterocycles. The molecule has 1 aromatic heterocycles. The van der Waals surface area contributed by atoms with E-state index in [2.05, 4.69) is 0 Å². The van der Waals surface area contributed by atoms with Gasteiger partial charge in [-0.05, 0) is 25.0 Å². The highest BCUT2D eigenvalue weighted by Gasteiger charge is 2.18. The molecule has 0 atom stereocenters. The summed E-state index contributed by atoms with van der Waals surface area (Å²) < 4.78 is 6.99. The summed E-state index contributed by atoms with van der Waals surface area (Å²) in [4.78, 5) is 22.6. The minimum absolute atomic E-state index is 0.0417. The molecule has 0 saturated heterocycles. The summed E-state index contributed by atoms with van der Waals surface area (Å²) in [5, 5.41) is 9.88. The summed E-state index contributed by atoms with van der Waals surface area (Å²) in [6.45, 7) is 2.11. The van der Waals surface area contributed by atoms with Gasteiger partial charge in [0.1, 0.15) is 0 Å². The van der Waals surface area contributed by atoms with Crippen LogP contribution in [0.3, 0.4) is 0 Å². The first-order valence-corrected chi connectivity index (χ1v) is 6.97.